The summed E-state index contributed by atoms with van der Waals surface area (Å²) in [5, 5.41) is 9.41. The van der Waals surface area contributed by atoms with Crippen LogP contribution in [-0.2, 0) is 44.6 Å². The van der Waals surface area contributed by atoms with Gasteiger partial charge in [-0.15, -0.1) is 0 Å². The van der Waals surface area contributed by atoms with Crippen LogP contribution in [0.4, 0.5) is 0 Å². The second kappa shape index (κ2) is 10.6. The molecule has 44 heavy (non-hydrogen) atoms. The minimum atomic E-state index is -0.900. The van der Waals surface area contributed by atoms with Crippen molar-refractivity contribution in [3.05, 3.63) is 82.2 Å². The first-order chi connectivity index (χ1) is 21.2. The Morgan fingerprint density at radius 3 is 1.95 bits per heavy atom. The number of Topliss-reactive ketones (excluding diaryl/α,β-unsaturated/α-hetero) is 1. The molecule has 2 aromatic heterocycles. The summed E-state index contributed by atoms with van der Waals surface area (Å²) in [5.41, 5.74) is 8.72. The van der Waals surface area contributed by atoms with Crippen LogP contribution in [-0.4, -0.2) is 73.1 Å². The Morgan fingerprint density at radius 2 is 1.36 bits per heavy atom. The number of amides is 2. The van der Waals surface area contributed by atoms with Crippen LogP contribution in [0.5, 0.6) is 0 Å². The highest BCUT2D eigenvalue weighted by Gasteiger charge is 2.44. The Labute approximate surface area is 257 Å². The molecule has 9 nitrogen and oxygen atoms in total. The summed E-state index contributed by atoms with van der Waals surface area (Å²) in [5.74, 6) is -0.243. The van der Waals surface area contributed by atoms with E-state index in [1.165, 1.54) is 11.1 Å². The zero-order chi connectivity index (χ0) is 30.7. The molecule has 0 radical (unpaired) electrons. The van der Waals surface area contributed by atoms with E-state index in [0.717, 1.165) is 59.3 Å². The van der Waals surface area contributed by atoms with Crippen LogP contribution >= 0.6 is 0 Å². The van der Waals surface area contributed by atoms with Crippen LogP contribution in [0, 0.1) is 5.41 Å². The summed E-state index contributed by atoms with van der Waals surface area (Å²) in [6, 6.07) is 16.6. The van der Waals surface area contributed by atoms with Crippen LogP contribution in [0.25, 0.3) is 22.5 Å². The smallest absolute Gasteiger partial charge is 0.274 e. The molecular weight excluding hydrogens is 552 g/mol. The second-order valence-corrected chi connectivity index (χ2v) is 12.7. The number of carbonyl (C=O) groups is 3. The number of fused-ring (bicyclic) bond motifs is 6. The maximum atomic E-state index is 14.0. The highest BCUT2D eigenvalue weighted by molar-refractivity contribution is 5.99. The molecule has 0 N–H and O–H groups in total. The summed E-state index contributed by atoms with van der Waals surface area (Å²) >= 11 is 0. The first-order valence-corrected chi connectivity index (χ1v) is 15.6. The lowest BCUT2D eigenvalue weighted by atomic mass is 9.79. The topological polar surface area (TPSA) is 93.3 Å². The lowest BCUT2D eigenvalue weighted by molar-refractivity contribution is -0.132. The molecule has 1 atom stereocenters. The molecule has 3 heterocycles. The van der Waals surface area contributed by atoms with E-state index in [4.69, 9.17) is 10.2 Å². The van der Waals surface area contributed by atoms with Gasteiger partial charge in [-0.3, -0.25) is 23.7 Å². The fraction of sp³-hybridized carbons (Fsp3) is 0.400. The number of aromatic nitrogens is 4. The molecule has 7 rings (SSSR count). The van der Waals surface area contributed by atoms with Crippen LogP contribution in [0.15, 0.2) is 48.5 Å². The average Bonchev–Trinajstić information content (AvgIpc) is 3.57. The number of rotatable bonds is 5. The van der Waals surface area contributed by atoms with Crippen molar-refractivity contribution in [2.45, 2.75) is 46.0 Å². The molecule has 3 aliphatic rings. The Kier molecular flexibility index (Phi) is 6.79. The average molecular weight is 591 g/mol. The predicted octanol–water partition coefficient (Wildman–Crippen LogP) is 4.27. The minimum absolute atomic E-state index is 0.0711. The number of likely N-dealkylation sites (tertiary alicyclic amines) is 1. The molecule has 1 saturated heterocycles. The number of ketones is 1. The van der Waals surface area contributed by atoms with E-state index in [1.54, 1.807) is 9.80 Å². The van der Waals surface area contributed by atoms with Crippen LogP contribution in [0.3, 0.4) is 0 Å². The lowest BCUT2D eigenvalue weighted by Crippen LogP contribution is -2.55. The third-order valence-corrected chi connectivity index (χ3v) is 9.85. The molecule has 1 fully saturated rings. The molecule has 0 unspecified atom stereocenters. The van der Waals surface area contributed by atoms with Gasteiger partial charge in [-0.1, -0.05) is 48.5 Å². The summed E-state index contributed by atoms with van der Waals surface area (Å²) < 4.78 is 3.63. The molecule has 1 aliphatic heterocycles. The van der Waals surface area contributed by atoms with Gasteiger partial charge in [0, 0.05) is 68.9 Å². The van der Waals surface area contributed by atoms with Gasteiger partial charge in [0.25, 0.3) is 11.8 Å². The third-order valence-electron chi connectivity index (χ3n) is 9.85. The van der Waals surface area contributed by atoms with Crippen LogP contribution < -0.4 is 0 Å². The third kappa shape index (κ3) is 4.40. The van der Waals surface area contributed by atoms with E-state index in [2.05, 4.69) is 24.3 Å². The molecule has 2 amide bonds. The molecule has 2 aliphatic carbocycles. The Bertz CT molecular complexity index is 1830. The van der Waals surface area contributed by atoms with Gasteiger partial charge in [-0.05, 0) is 50.7 Å². The molecule has 0 spiro atoms. The highest BCUT2D eigenvalue weighted by Crippen LogP contribution is 2.38. The number of piperidine rings is 1. The van der Waals surface area contributed by atoms with E-state index in [-0.39, 0.29) is 37.1 Å². The van der Waals surface area contributed by atoms with Crippen LogP contribution in [0.2, 0.25) is 0 Å². The van der Waals surface area contributed by atoms with Crippen molar-refractivity contribution in [2.75, 3.05) is 26.2 Å². The van der Waals surface area contributed by atoms with Gasteiger partial charge in [-0.25, -0.2) is 0 Å². The molecule has 2 aromatic carbocycles. The van der Waals surface area contributed by atoms with E-state index in [1.807, 2.05) is 61.6 Å². The minimum Gasteiger partial charge on any atom is -0.336 e. The van der Waals surface area contributed by atoms with Gasteiger partial charge in [0.15, 0.2) is 11.4 Å². The van der Waals surface area contributed by atoms with Gasteiger partial charge in [-0.2, -0.15) is 10.2 Å². The quantitative estimate of drug-likeness (QED) is 0.346. The standard InChI is InChI=1S/C35H38N6O3/c1-5-40(33(43)29-26-16-14-22-10-6-8-12-24(22)31(26)38(3)36-29)20-35(2)21-41(19-18-28(35)42)34(44)30-27-17-15-23-11-7-9-13-25(23)32(27)39(4)37-30/h6-13H,5,14-21H2,1-4H3/t35-/m1/s1. The van der Waals surface area contributed by atoms with E-state index in [9.17, 15) is 14.4 Å². The van der Waals surface area contributed by atoms with E-state index >= 15 is 0 Å². The largest absolute Gasteiger partial charge is 0.336 e. The number of hydrogen-bond donors (Lipinski definition) is 0. The SMILES string of the molecule is CCN(C[C@]1(C)CN(C(=O)c2nn(C)c3c2CCc2ccccc2-3)CCC1=O)C(=O)c1nn(C)c2c1CCc1ccccc1-2. The second-order valence-electron chi connectivity index (χ2n) is 12.7. The van der Waals surface area contributed by atoms with Crippen molar-refractivity contribution in [1.29, 1.82) is 0 Å². The summed E-state index contributed by atoms with van der Waals surface area (Å²) in [7, 11) is 3.78. The molecule has 226 valence electrons. The first-order valence-electron chi connectivity index (χ1n) is 15.6. The number of carbonyl (C=O) groups excluding carboxylic acids is 3. The van der Waals surface area contributed by atoms with Crippen molar-refractivity contribution in [2.24, 2.45) is 19.5 Å². The highest BCUT2D eigenvalue weighted by atomic mass is 16.2. The van der Waals surface area contributed by atoms with Crippen molar-refractivity contribution in [3.8, 4) is 22.5 Å². The molecule has 9 heteroatoms. The maximum absolute atomic E-state index is 14.0. The Hall–Kier alpha value is -4.53. The van der Waals surface area contributed by atoms with Crippen molar-refractivity contribution in [3.63, 3.8) is 0 Å². The number of aryl methyl sites for hydroxylation is 4. The number of nitrogens with zero attached hydrogens (tertiary/aromatic N) is 6. The first kappa shape index (κ1) is 28.3. The van der Waals surface area contributed by atoms with Crippen molar-refractivity contribution in [1.82, 2.24) is 29.4 Å². The van der Waals surface area contributed by atoms with Gasteiger partial charge in [0.2, 0.25) is 0 Å². The van der Waals surface area contributed by atoms with Crippen molar-refractivity contribution >= 4 is 17.6 Å². The van der Waals surface area contributed by atoms with E-state index < -0.39 is 5.41 Å². The lowest BCUT2D eigenvalue weighted by Gasteiger charge is -2.41. The van der Waals surface area contributed by atoms with Gasteiger partial charge in [0.05, 0.1) is 16.8 Å². The fourth-order valence-corrected chi connectivity index (χ4v) is 7.57. The molecular formula is C35H38N6O3. The van der Waals surface area contributed by atoms with Crippen LogP contribution in [0.1, 0.15) is 63.5 Å². The van der Waals surface area contributed by atoms with Gasteiger partial charge < -0.3 is 9.80 Å². The van der Waals surface area contributed by atoms with Gasteiger partial charge in [0.1, 0.15) is 5.78 Å². The maximum Gasteiger partial charge on any atom is 0.274 e. The summed E-state index contributed by atoms with van der Waals surface area (Å²) in [6.07, 6.45) is 3.47. The van der Waals surface area contributed by atoms with Crippen molar-refractivity contribution < 1.29 is 14.4 Å². The normalized spacial score (nSPS) is 18.7. The zero-order valence-corrected chi connectivity index (χ0v) is 25.9. The predicted molar refractivity (Wildman–Crippen MR) is 167 cm³/mol. The Balaban J connectivity index is 1.14. The van der Waals surface area contributed by atoms with E-state index in [0.29, 0.717) is 24.5 Å². The fourth-order valence-electron chi connectivity index (χ4n) is 7.57. The number of benzene rings is 2. The molecule has 0 saturated carbocycles. The van der Waals surface area contributed by atoms with Gasteiger partial charge >= 0.3 is 0 Å². The summed E-state index contributed by atoms with van der Waals surface area (Å²) in [6.45, 7) is 5.07. The number of hydrogen-bond acceptors (Lipinski definition) is 5. The Morgan fingerprint density at radius 1 is 0.818 bits per heavy atom. The summed E-state index contributed by atoms with van der Waals surface area (Å²) in [4.78, 5) is 45.0. The molecule has 4 aromatic rings. The monoisotopic (exact) mass is 590 g/mol. The zero-order valence-electron chi connectivity index (χ0n) is 25.9. The molecule has 0 bridgehead atoms.